The molecule has 0 aromatic heterocycles. The second-order valence-corrected chi connectivity index (χ2v) is 4.37. The van der Waals surface area contributed by atoms with Gasteiger partial charge in [-0.3, -0.25) is 10.3 Å². The molecule has 2 rings (SSSR count). The van der Waals surface area contributed by atoms with Gasteiger partial charge in [0.1, 0.15) is 11.7 Å². The van der Waals surface area contributed by atoms with Crippen LogP contribution in [0.15, 0.2) is 18.2 Å². The summed E-state index contributed by atoms with van der Waals surface area (Å²) in [5.41, 5.74) is 5.96. The van der Waals surface area contributed by atoms with E-state index in [1.807, 2.05) is 4.90 Å². The van der Waals surface area contributed by atoms with Crippen LogP contribution in [0.2, 0.25) is 0 Å². The Labute approximate surface area is 99.4 Å². The van der Waals surface area contributed by atoms with Crippen LogP contribution in [0.25, 0.3) is 0 Å². The van der Waals surface area contributed by atoms with Gasteiger partial charge >= 0.3 is 0 Å². The first kappa shape index (κ1) is 12.0. The molecule has 4 nitrogen and oxygen atoms in total. The third-order valence-corrected chi connectivity index (χ3v) is 3.01. The van der Waals surface area contributed by atoms with Gasteiger partial charge in [0.25, 0.3) is 0 Å². The molecule has 1 saturated heterocycles. The topological polar surface area (TPSA) is 73.3 Å². The van der Waals surface area contributed by atoms with Crippen LogP contribution in [0.5, 0.6) is 0 Å². The molecule has 0 saturated carbocycles. The highest BCUT2D eigenvalue weighted by molar-refractivity contribution is 5.95. The van der Waals surface area contributed by atoms with Crippen molar-refractivity contribution < 1.29 is 9.50 Å². The Balaban J connectivity index is 2.16. The van der Waals surface area contributed by atoms with E-state index in [1.165, 1.54) is 6.07 Å². The van der Waals surface area contributed by atoms with Gasteiger partial charge in [0, 0.05) is 25.2 Å². The minimum absolute atomic E-state index is 0.141. The largest absolute Gasteiger partial charge is 0.392 e. The first-order valence-corrected chi connectivity index (χ1v) is 5.60. The number of aliphatic hydroxyl groups excluding tert-OH is 1. The van der Waals surface area contributed by atoms with E-state index in [4.69, 9.17) is 11.1 Å². The average molecular weight is 237 g/mol. The fourth-order valence-electron chi connectivity index (χ4n) is 2.11. The van der Waals surface area contributed by atoms with E-state index in [1.54, 1.807) is 12.1 Å². The maximum Gasteiger partial charge on any atom is 0.138 e. The van der Waals surface area contributed by atoms with Crippen molar-refractivity contribution in [3.63, 3.8) is 0 Å². The summed E-state index contributed by atoms with van der Waals surface area (Å²) < 4.78 is 14.0. The summed E-state index contributed by atoms with van der Waals surface area (Å²) >= 11 is 0. The van der Waals surface area contributed by atoms with Crippen molar-refractivity contribution in [2.24, 2.45) is 5.73 Å². The number of nitrogens with zero attached hydrogens (tertiary/aromatic N) is 1. The fraction of sp³-hybridized carbons (Fsp3) is 0.417. The number of hydrogen-bond acceptors (Lipinski definition) is 3. The lowest BCUT2D eigenvalue weighted by molar-refractivity contribution is 0.174. The fourth-order valence-corrected chi connectivity index (χ4v) is 2.11. The van der Waals surface area contributed by atoms with E-state index in [9.17, 15) is 9.50 Å². The predicted molar refractivity (Wildman–Crippen MR) is 63.3 cm³/mol. The van der Waals surface area contributed by atoms with Gasteiger partial charge < -0.3 is 10.8 Å². The molecule has 1 aromatic carbocycles. The summed E-state index contributed by atoms with van der Waals surface area (Å²) in [5.74, 6) is -0.688. The molecule has 92 valence electrons. The molecule has 0 bridgehead atoms. The van der Waals surface area contributed by atoms with E-state index in [0.29, 0.717) is 18.7 Å². The van der Waals surface area contributed by atoms with E-state index < -0.39 is 5.82 Å². The molecule has 0 radical (unpaired) electrons. The quantitative estimate of drug-likeness (QED) is 0.534. The average Bonchev–Trinajstić information content (AvgIpc) is 2.67. The molecular weight excluding hydrogens is 221 g/mol. The lowest BCUT2D eigenvalue weighted by Crippen LogP contribution is -2.23. The number of halogens is 1. The highest BCUT2D eigenvalue weighted by atomic mass is 19.1. The smallest absolute Gasteiger partial charge is 0.138 e. The first-order chi connectivity index (χ1) is 8.08. The van der Waals surface area contributed by atoms with Gasteiger partial charge in [-0.15, -0.1) is 0 Å². The lowest BCUT2D eigenvalue weighted by atomic mass is 10.1. The van der Waals surface area contributed by atoms with Gasteiger partial charge in [-0.1, -0.05) is 12.1 Å². The molecule has 1 heterocycles. The Bertz CT molecular complexity index is 436. The van der Waals surface area contributed by atoms with Crippen LogP contribution < -0.4 is 5.73 Å². The maximum absolute atomic E-state index is 14.0. The molecule has 4 N–H and O–H groups in total. The molecule has 1 aliphatic rings. The number of rotatable bonds is 3. The molecule has 1 atom stereocenters. The number of nitrogens with one attached hydrogen (secondary N) is 1. The van der Waals surface area contributed by atoms with Crippen molar-refractivity contribution in [1.29, 1.82) is 5.41 Å². The lowest BCUT2D eigenvalue weighted by Gasteiger charge is -2.16. The number of amidine groups is 1. The van der Waals surface area contributed by atoms with Gasteiger partial charge in [0.05, 0.1) is 11.7 Å². The van der Waals surface area contributed by atoms with Crippen LogP contribution >= 0.6 is 0 Å². The zero-order chi connectivity index (χ0) is 12.4. The second-order valence-electron chi connectivity index (χ2n) is 4.37. The summed E-state index contributed by atoms with van der Waals surface area (Å²) in [5, 5.41) is 16.7. The highest BCUT2D eigenvalue weighted by Crippen LogP contribution is 2.18. The van der Waals surface area contributed by atoms with E-state index in [0.717, 1.165) is 13.0 Å². The molecule has 0 aliphatic carbocycles. The van der Waals surface area contributed by atoms with Crippen LogP contribution in [-0.4, -0.2) is 35.0 Å². The predicted octanol–water partition coefficient (Wildman–Crippen LogP) is 0.676. The summed E-state index contributed by atoms with van der Waals surface area (Å²) in [4.78, 5) is 1.99. The summed E-state index contributed by atoms with van der Waals surface area (Å²) in [6.45, 7) is 1.79. The van der Waals surface area contributed by atoms with E-state index >= 15 is 0 Å². The molecular formula is C12H16FN3O. The zero-order valence-corrected chi connectivity index (χ0v) is 9.49. The Kier molecular flexibility index (Phi) is 3.40. The Hall–Kier alpha value is -1.46. The SMILES string of the molecule is N=C(N)c1cccc(CN2CCC(O)C2)c1F. The van der Waals surface area contributed by atoms with Crippen molar-refractivity contribution in [2.75, 3.05) is 13.1 Å². The van der Waals surface area contributed by atoms with Crippen molar-refractivity contribution >= 4 is 5.84 Å². The number of β-amino-alcohol motifs (C(OH)–C–C–N with tert-alkyl or cyclic N) is 1. The van der Waals surface area contributed by atoms with Crippen molar-refractivity contribution in [2.45, 2.75) is 19.1 Å². The van der Waals surface area contributed by atoms with Crippen molar-refractivity contribution in [3.8, 4) is 0 Å². The van der Waals surface area contributed by atoms with E-state index in [2.05, 4.69) is 0 Å². The van der Waals surface area contributed by atoms with Gasteiger partial charge in [0.2, 0.25) is 0 Å². The first-order valence-electron chi connectivity index (χ1n) is 5.60. The van der Waals surface area contributed by atoms with Crippen LogP contribution in [-0.2, 0) is 6.54 Å². The van der Waals surface area contributed by atoms with Gasteiger partial charge in [0.15, 0.2) is 0 Å². The Morgan fingerprint density at radius 2 is 2.35 bits per heavy atom. The number of hydrogen-bond donors (Lipinski definition) is 3. The molecule has 1 aliphatic heterocycles. The third-order valence-electron chi connectivity index (χ3n) is 3.01. The molecule has 1 aromatic rings. The van der Waals surface area contributed by atoms with Gasteiger partial charge in [-0.25, -0.2) is 4.39 Å². The zero-order valence-electron chi connectivity index (χ0n) is 9.49. The Morgan fingerprint density at radius 3 is 2.94 bits per heavy atom. The highest BCUT2D eigenvalue weighted by Gasteiger charge is 2.21. The molecule has 0 amide bonds. The number of nitrogen functional groups attached to an aromatic ring is 1. The molecule has 1 unspecified atom stereocenters. The van der Waals surface area contributed by atoms with Crippen molar-refractivity contribution in [3.05, 3.63) is 35.1 Å². The Morgan fingerprint density at radius 1 is 1.59 bits per heavy atom. The number of benzene rings is 1. The minimum atomic E-state index is -0.429. The maximum atomic E-state index is 14.0. The van der Waals surface area contributed by atoms with Crippen LogP contribution in [0.4, 0.5) is 4.39 Å². The van der Waals surface area contributed by atoms with Crippen LogP contribution in [0.3, 0.4) is 0 Å². The summed E-state index contributed by atoms with van der Waals surface area (Å²) in [6.07, 6.45) is 0.419. The third kappa shape index (κ3) is 2.62. The van der Waals surface area contributed by atoms with Crippen LogP contribution in [0, 0.1) is 11.2 Å². The molecule has 1 fully saturated rings. The normalized spacial score (nSPS) is 20.7. The number of nitrogens with two attached hydrogens (primary N) is 1. The number of aliphatic hydroxyl groups is 1. The minimum Gasteiger partial charge on any atom is -0.392 e. The molecule has 17 heavy (non-hydrogen) atoms. The molecule has 5 heteroatoms. The monoisotopic (exact) mass is 237 g/mol. The van der Waals surface area contributed by atoms with Crippen LogP contribution in [0.1, 0.15) is 17.5 Å². The standard InChI is InChI=1S/C12H16FN3O/c13-11-8(2-1-3-10(11)12(14)15)6-16-5-4-9(17)7-16/h1-3,9,17H,4-7H2,(H3,14,15). The number of likely N-dealkylation sites (tertiary alicyclic amines) is 1. The summed E-state index contributed by atoms with van der Waals surface area (Å²) in [7, 11) is 0. The van der Waals surface area contributed by atoms with Gasteiger partial charge in [-0.2, -0.15) is 0 Å². The van der Waals surface area contributed by atoms with E-state index in [-0.39, 0.29) is 17.5 Å². The second kappa shape index (κ2) is 4.81. The van der Waals surface area contributed by atoms with Gasteiger partial charge in [-0.05, 0) is 12.5 Å². The summed E-state index contributed by atoms with van der Waals surface area (Å²) in [6, 6.07) is 4.88. The van der Waals surface area contributed by atoms with Crippen molar-refractivity contribution in [1.82, 2.24) is 4.90 Å². The molecule has 0 spiro atoms.